The monoisotopic (exact) mass is 420 g/mol. The van der Waals surface area contributed by atoms with Gasteiger partial charge in [0.05, 0.1) is 18.0 Å². The van der Waals surface area contributed by atoms with Gasteiger partial charge in [-0.05, 0) is 55.6 Å². The van der Waals surface area contributed by atoms with E-state index in [0.29, 0.717) is 5.69 Å². The lowest BCUT2D eigenvalue weighted by Crippen LogP contribution is -2.41. The van der Waals surface area contributed by atoms with Crippen LogP contribution in [0.1, 0.15) is 24.0 Å². The molecule has 0 bridgehead atoms. The number of carbonyl (C=O) groups is 1. The maximum Gasteiger partial charge on any atom is 0.439 e. The number of amides is 1. The summed E-state index contributed by atoms with van der Waals surface area (Å²) in [5.41, 5.74) is 4.69. The molecule has 162 valence electrons. The SMILES string of the molecule is Cc1ccccc1COC(=O)N(OC1CCN(C)CC1)c1ccc(-c2cn[nH]c2)cc1. The number of aromatic nitrogens is 2. The fraction of sp³-hybridized carbons (Fsp3) is 0.333. The zero-order valence-electron chi connectivity index (χ0n) is 18.0. The number of carbonyl (C=O) groups excluding carboxylic acids is 1. The van der Waals surface area contributed by atoms with E-state index >= 15 is 0 Å². The Morgan fingerprint density at radius 2 is 1.87 bits per heavy atom. The molecule has 0 radical (unpaired) electrons. The van der Waals surface area contributed by atoms with Crippen LogP contribution in [0.5, 0.6) is 0 Å². The Labute approximate surface area is 182 Å². The van der Waals surface area contributed by atoms with E-state index in [4.69, 9.17) is 9.57 Å². The van der Waals surface area contributed by atoms with Gasteiger partial charge in [0, 0.05) is 24.8 Å². The minimum Gasteiger partial charge on any atom is -0.443 e. The fourth-order valence-corrected chi connectivity index (χ4v) is 3.62. The number of rotatable bonds is 6. The Bertz CT molecular complexity index is 980. The topological polar surface area (TPSA) is 70.7 Å². The van der Waals surface area contributed by atoms with Crippen molar-refractivity contribution < 1.29 is 14.4 Å². The summed E-state index contributed by atoms with van der Waals surface area (Å²) in [5.74, 6) is 0. The smallest absolute Gasteiger partial charge is 0.439 e. The Balaban J connectivity index is 1.50. The molecule has 1 aliphatic heterocycles. The van der Waals surface area contributed by atoms with Crippen molar-refractivity contribution in [2.75, 3.05) is 25.2 Å². The van der Waals surface area contributed by atoms with Crippen LogP contribution in [0.3, 0.4) is 0 Å². The van der Waals surface area contributed by atoms with Crippen molar-refractivity contribution in [1.82, 2.24) is 15.1 Å². The highest BCUT2D eigenvalue weighted by atomic mass is 16.7. The molecule has 1 saturated heterocycles. The number of likely N-dealkylation sites (tertiary alicyclic amines) is 1. The molecule has 31 heavy (non-hydrogen) atoms. The summed E-state index contributed by atoms with van der Waals surface area (Å²) in [6.07, 6.45) is 4.78. The van der Waals surface area contributed by atoms with Crippen LogP contribution < -0.4 is 5.06 Å². The number of hydrogen-bond acceptors (Lipinski definition) is 5. The lowest BCUT2D eigenvalue weighted by Gasteiger charge is -2.32. The molecule has 0 aliphatic carbocycles. The van der Waals surface area contributed by atoms with E-state index in [9.17, 15) is 4.79 Å². The second kappa shape index (κ2) is 9.76. The molecule has 1 amide bonds. The van der Waals surface area contributed by atoms with Crippen LogP contribution >= 0.6 is 0 Å². The normalized spacial score (nSPS) is 15.0. The minimum absolute atomic E-state index is 0.0317. The number of nitrogens with zero attached hydrogens (tertiary/aromatic N) is 3. The van der Waals surface area contributed by atoms with Crippen molar-refractivity contribution >= 4 is 11.8 Å². The lowest BCUT2D eigenvalue weighted by molar-refractivity contribution is -0.00640. The van der Waals surface area contributed by atoms with Gasteiger partial charge in [-0.3, -0.25) is 9.94 Å². The highest BCUT2D eigenvalue weighted by Crippen LogP contribution is 2.25. The predicted molar refractivity (Wildman–Crippen MR) is 119 cm³/mol. The number of aryl methyl sites for hydroxylation is 1. The van der Waals surface area contributed by atoms with Crippen molar-refractivity contribution in [2.24, 2.45) is 0 Å². The second-order valence-corrected chi connectivity index (χ2v) is 7.92. The molecule has 1 fully saturated rings. The molecule has 3 aromatic rings. The number of benzene rings is 2. The van der Waals surface area contributed by atoms with Crippen LogP contribution in [0.15, 0.2) is 60.9 Å². The lowest BCUT2D eigenvalue weighted by atomic mass is 10.1. The zero-order chi connectivity index (χ0) is 21.6. The number of nitrogens with one attached hydrogen (secondary N) is 1. The van der Waals surface area contributed by atoms with Gasteiger partial charge in [-0.25, -0.2) is 4.79 Å². The number of hydrogen-bond donors (Lipinski definition) is 1. The van der Waals surface area contributed by atoms with Crippen molar-refractivity contribution in [2.45, 2.75) is 32.5 Å². The summed E-state index contributed by atoms with van der Waals surface area (Å²) in [5, 5.41) is 8.10. The molecule has 4 rings (SSSR count). The molecule has 7 heteroatoms. The first-order chi connectivity index (χ1) is 15.1. The van der Waals surface area contributed by atoms with Crippen LogP contribution in [0.25, 0.3) is 11.1 Å². The Morgan fingerprint density at radius 1 is 1.13 bits per heavy atom. The van der Waals surface area contributed by atoms with Crippen molar-refractivity contribution in [3.8, 4) is 11.1 Å². The fourth-order valence-electron chi connectivity index (χ4n) is 3.62. The summed E-state index contributed by atoms with van der Waals surface area (Å²) >= 11 is 0. The number of piperidine rings is 1. The molecule has 2 heterocycles. The minimum atomic E-state index is -0.516. The van der Waals surface area contributed by atoms with Crippen LogP contribution in [0, 0.1) is 6.92 Å². The average Bonchev–Trinajstić information content (AvgIpc) is 3.33. The molecule has 1 aliphatic rings. The van der Waals surface area contributed by atoms with Crippen LogP contribution in [0.4, 0.5) is 10.5 Å². The molecule has 0 spiro atoms. The zero-order valence-corrected chi connectivity index (χ0v) is 18.0. The van der Waals surface area contributed by atoms with E-state index in [1.54, 1.807) is 6.20 Å². The summed E-state index contributed by atoms with van der Waals surface area (Å²) in [7, 11) is 2.10. The standard InChI is InChI=1S/C24H28N4O3/c1-18-5-3-4-6-20(18)17-30-24(29)28(31-23-11-13-27(2)14-12-23)22-9-7-19(8-10-22)21-15-25-26-16-21/h3-10,15-16,23H,11-14,17H2,1-2H3,(H,25,26). The van der Waals surface area contributed by atoms with Gasteiger partial charge in [-0.2, -0.15) is 10.2 Å². The van der Waals surface area contributed by atoms with E-state index in [-0.39, 0.29) is 12.7 Å². The van der Waals surface area contributed by atoms with E-state index in [1.165, 1.54) is 5.06 Å². The molecule has 2 aromatic carbocycles. The van der Waals surface area contributed by atoms with Gasteiger partial charge in [0.1, 0.15) is 6.61 Å². The molecular weight excluding hydrogens is 392 g/mol. The molecule has 0 saturated carbocycles. The second-order valence-electron chi connectivity index (χ2n) is 7.92. The summed E-state index contributed by atoms with van der Waals surface area (Å²) < 4.78 is 5.63. The Kier molecular flexibility index (Phi) is 6.64. The average molecular weight is 421 g/mol. The number of aromatic amines is 1. The maximum absolute atomic E-state index is 13.0. The van der Waals surface area contributed by atoms with Crippen molar-refractivity contribution in [1.29, 1.82) is 0 Å². The highest BCUT2D eigenvalue weighted by molar-refractivity contribution is 5.85. The van der Waals surface area contributed by atoms with Crippen LogP contribution in [-0.4, -0.2) is 47.4 Å². The molecule has 0 atom stereocenters. The number of hydroxylamine groups is 1. The van der Waals surface area contributed by atoms with Crippen molar-refractivity contribution in [3.63, 3.8) is 0 Å². The van der Waals surface area contributed by atoms with Gasteiger partial charge in [0.15, 0.2) is 0 Å². The van der Waals surface area contributed by atoms with Gasteiger partial charge >= 0.3 is 6.09 Å². The van der Waals surface area contributed by atoms with E-state index in [2.05, 4.69) is 22.1 Å². The third-order valence-corrected chi connectivity index (χ3v) is 5.63. The van der Waals surface area contributed by atoms with Gasteiger partial charge in [-0.1, -0.05) is 36.4 Å². The van der Waals surface area contributed by atoms with E-state index < -0.39 is 6.09 Å². The van der Waals surface area contributed by atoms with Gasteiger partial charge in [0.25, 0.3) is 0 Å². The molecular formula is C24H28N4O3. The summed E-state index contributed by atoms with van der Waals surface area (Å²) in [6.45, 7) is 4.09. The van der Waals surface area contributed by atoms with E-state index in [1.807, 2.05) is 61.7 Å². The van der Waals surface area contributed by atoms with Crippen molar-refractivity contribution in [3.05, 3.63) is 72.1 Å². The van der Waals surface area contributed by atoms with Gasteiger partial charge in [0.2, 0.25) is 0 Å². The van der Waals surface area contributed by atoms with Crippen LogP contribution in [-0.2, 0) is 16.2 Å². The van der Waals surface area contributed by atoms with Crippen LogP contribution in [0.2, 0.25) is 0 Å². The molecule has 7 nitrogen and oxygen atoms in total. The number of anilines is 1. The highest BCUT2D eigenvalue weighted by Gasteiger charge is 2.26. The Morgan fingerprint density at radius 3 is 2.55 bits per heavy atom. The third kappa shape index (κ3) is 5.31. The predicted octanol–water partition coefficient (Wildman–Crippen LogP) is 4.55. The van der Waals surface area contributed by atoms with Gasteiger partial charge in [-0.15, -0.1) is 0 Å². The Hall–Kier alpha value is -3.16. The first kappa shape index (κ1) is 21.1. The molecule has 0 unspecified atom stereocenters. The quantitative estimate of drug-likeness (QED) is 0.592. The number of H-pyrrole nitrogens is 1. The maximum atomic E-state index is 13.0. The summed E-state index contributed by atoms with van der Waals surface area (Å²) in [6, 6.07) is 15.5. The number of ether oxygens (including phenoxy) is 1. The first-order valence-electron chi connectivity index (χ1n) is 10.6. The largest absolute Gasteiger partial charge is 0.443 e. The third-order valence-electron chi connectivity index (χ3n) is 5.63. The van der Waals surface area contributed by atoms with E-state index in [0.717, 1.165) is 48.2 Å². The van der Waals surface area contributed by atoms with Gasteiger partial charge < -0.3 is 9.64 Å². The first-order valence-corrected chi connectivity index (χ1v) is 10.6. The molecule has 1 aromatic heterocycles. The summed E-state index contributed by atoms with van der Waals surface area (Å²) in [4.78, 5) is 21.4. The molecule has 1 N–H and O–H groups in total.